The minimum Gasteiger partial charge on any atom is -0.492 e. The van der Waals surface area contributed by atoms with Crippen LogP contribution in [-0.2, 0) is 4.74 Å². The van der Waals surface area contributed by atoms with Crippen molar-refractivity contribution in [3.8, 4) is 5.75 Å². The summed E-state index contributed by atoms with van der Waals surface area (Å²) in [5, 5.41) is 15.1. The Bertz CT molecular complexity index is 468. The number of hydrogen-bond donors (Lipinski definition) is 3. The Balaban J connectivity index is 1.73. The van der Waals surface area contributed by atoms with Gasteiger partial charge in [-0.3, -0.25) is 0 Å². The number of ether oxygens (including phenoxy) is 2. The van der Waals surface area contributed by atoms with Crippen molar-refractivity contribution in [1.29, 1.82) is 0 Å². The van der Waals surface area contributed by atoms with Gasteiger partial charge in [-0.1, -0.05) is 5.16 Å². The summed E-state index contributed by atoms with van der Waals surface area (Å²) >= 11 is 0. The SMILES string of the molecule is CC1(NCCOc2ccc(/C(N)=N/O)cc2)CCOCC1. The van der Waals surface area contributed by atoms with Gasteiger partial charge in [0.2, 0.25) is 0 Å². The molecule has 2 rings (SSSR count). The maximum Gasteiger partial charge on any atom is 0.170 e. The minimum absolute atomic E-state index is 0.0932. The van der Waals surface area contributed by atoms with Crippen molar-refractivity contribution in [2.24, 2.45) is 10.9 Å². The monoisotopic (exact) mass is 293 g/mol. The Hall–Kier alpha value is -1.79. The van der Waals surface area contributed by atoms with E-state index in [9.17, 15) is 0 Å². The summed E-state index contributed by atoms with van der Waals surface area (Å²) in [5.41, 5.74) is 6.32. The molecule has 6 heteroatoms. The lowest BCUT2D eigenvalue weighted by atomic mass is 9.93. The number of benzene rings is 1. The van der Waals surface area contributed by atoms with Crippen LogP contribution >= 0.6 is 0 Å². The lowest BCUT2D eigenvalue weighted by Gasteiger charge is -2.34. The van der Waals surface area contributed by atoms with Crippen molar-refractivity contribution >= 4 is 5.84 Å². The molecule has 1 aromatic rings. The zero-order valence-corrected chi connectivity index (χ0v) is 12.3. The molecule has 116 valence electrons. The summed E-state index contributed by atoms with van der Waals surface area (Å²) in [5.74, 6) is 0.860. The number of nitrogens with two attached hydrogens (primary N) is 1. The van der Waals surface area contributed by atoms with Gasteiger partial charge in [0.05, 0.1) is 0 Å². The van der Waals surface area contributed by atoms with E-state index in [1.165, 1.54) is 0 Å². The Labute approximate surface area is 124 Å². The summed E-state index contributed by atoms with van der Waals surface area (Å²) in [6.07, 6.45) is 2.06. The Morgan fingerprint density at radius 1 is 1.38 bits per heavy atom. The minimum atomic E-state index is 0.0932. The zero-order chi connectivity index (χ0) is 15.1. The van der Waals surface area contributed by atoms with Crippen molar-refractivity contribution in [1.82, 2.24) is 5.32 Å². The first-order valence-electron chi connectivity index (χ1n) is 7.16. The van der Waals surface area contributed by atoms with E-state index >= 15 is 0 Å². The summed E-state index contributed by atoms with van der Waals surface area (Å²) in [6.45, 7) is 5.25. The van der Waals surface area contributed by atoms with Gasteiger partial charge in [0, 0.05) is 30.9 Å². The fourth-order valence-electron chi connectivity index (χ4n) is 2.30. The molecule has 1 aliphatic heterocycles. The van der Waals surface area contributed by atoms with Gasteiger partial charge in [0.1, 0.15) is 12.4 Å². The van der Waals surface area contributed by atoms with Gasteiger partial charge in [0.25, 0.3) is 0 Å². The average Bonchev–Trinajstić information content (AvgIpc) is 2.52. The van der Waals surface area contributed by atoms with Gasteiger partial charge < -0.3 is 25.7 Å². The molecule has 0 aromatic heterocycles. The number of rotatable bonds is 6. The molecule has 1 fully saturated rings. The highest BCUT2D eigenvalue weighted by Gasteiger charge is 2.26. The molecule has 6 nitrogen and oxygen atoms in total. The van der Waals surface area contributed by atoms with Crippen LogP contribution in [0.15, 0.2) is 29.4 Å². The van der Waals surface area contributed by atoms with Crippen LogP contribution < -0.4 is 15.8 Å². The first kappa shape index (κ1) is 15.6. The van der Waals surface area contributed by atoms with Gasteiger partial charge in [-0.2, -0.15) is 0 Å². The third-order valence-electron chi connectivity index (χ3n) is 3.78. The van der Waals surface area contributed by atoms with Crippen LogP contribution in [0.4, 0.5) is 0 Å². The lowest BCUT2D eigenvalue weighted by Crippen LogP contribution is -2.48. The summed E-state index contributed by atoms with van der Waals surface area (Å²) in [6, 6.07) is 7.14. The lowest BCUT2D eigenvalue weighted by molar-refractivity contribution is 0.0440. The van der Waals surface area contributed by atoms with Gasteiger partial charge in [-0.25, -0.2) is 0 Å². The van der Waals surface area contributed by atoms with Gasteiger partial charge in [0.15, 0.2) is 5.84 Å². The maximum atomic E-state index is 8.59. The van der Waals surface area contributed by atoms with E-state index in [1.807, 2.05) is 12.1 Å². The van der Waals surface area contributed by atoms with E-state index in [2.05, 4.69) is 17.4 Å². The first-order chi connectivity index (χ1) is 10.1. The van der Waals surface area contributed by atoms with Crippen molar-refractivity contribution in [2.75, 3.05) is 26.4 Å². The van der Waals surface area contributed by atoms with Crippen LogP contribution in [0.3, 0.4) is 0 Å². The maximum absolute atomic E-state index is 8.59. The number of hydrogen-bond acceptors (Lipinski definition) is 5. The molecule has 0 spiro atoms. The molecule has 0 unspecified atom stereocenters. The summed E-state index contributed by atoms with van der Waals surface area (Å²) in [4.78, 5) is 0. The number of nitrogens with zero attached hydrogens (tertiary/aromatic N) is 1. The Morgan fingerprint density at radius 3 is 2.67 bits per heavy atom. The van der Waals surface area contributed by atoms with Crippen molar-refractivity contribution in [3.63, 3.8) is 0 Å². The van der Waals surface area contributed by atoms with E-state index in [4.69, 9.17) is 20.4 Å². The highest BCUT2D eigenvalue weighted by atomic mass is 16.5. The number of nitrogens with one attached hydrogen (secondary N) is 1. The largest absolute Gasteiger partial charge is 0.492 e. The van der Waals surface area contributed by atoms with E-state index < -0.39 is 0 Å². The average molecular weight is 293 g/mol. The van der Waals surface area contributed by atoms with Crippen LogP contribution in [0.5, 0.6) is 5.75 Å². The predicted molar refractivity (Wildman–Crippen MR) is 80.9 cm³/mol. The van der Waals surface area contributed by atoms with Crippen molar-refractivity contribution in [3.05, 3.63) is 29.8 Å². The van der Waals surface area contributed by atoms with E-state index in [-0.39, 0.29) is 11.4 Å². The van der Waals surface area contributed by atoms with Crippen LogP contribution in [0.1, 0.15) is 25.3 Å². The zero-order valence-electron chi connectivity index (χ0n) is 12.3. The van der Waals surface area contributed by atoms with Crippen LogP contribution in [0.2, 0.25) is 0 Å². The second-order valence-corrected chi connectivity index (χ2v) is 5.46. The van der Waals surface area contributed by atoms with E-state index in [0.717, 1.165) is 38.3 Å². The highest BCUT2D eigenvalue weighted by molar-refractivity contribution is 5.97. The third kappa shape index (κ3) is 4.61. The van der Waals surface area contributed by atoms with Crippen LogP contribution in [0, 0.1) is 0 Å². The van der Waals surface area contributed by atoms with E-state index in [1.54, 1.807) is 12.1 Å². The van der Waals surface area contributed by atoms with Gasteiger partial charge >= 0.3 is 0 Å². The quantitative estimate of drug-likeness (QED) is 0.242. The standard InChI is InChI=1S/C15H23N3O3/c1-15(6-9-20-10-7-15)17-8-11-21-13-4-2-12(3-5-13)14(16)18-19/h2-5,17,19H,6-11H2,1H3,(H2,16,18). The van der Waals surface area contributed by atoms with Crippen LogP contribution in [-0.4, -0.2) is 42.9 Å². The molecular formula is C15H23N3O3. The van der Waals surface area contributed by atoms with Gasteiger partial charge in [-0.15, -0.1) is 0 Å². The van der Waals surface area contributed by atoms with Crippen molar-refractivity contribution in [2.45, 2.75) is 25.3 Å². The third-order valence-corrected chi connectivity index (χ3v) is 3.78. The molecule has 1 aromatic carbocycles. The molecule has 4 N–H and O–H groups in total. The molecule has 1 aliphatic rings. The molecular weight excluding hydrogens is 270 g/mol. The Kier molecular flexibility index (Phi) is 5.41. The fraction of sp³-hybridized carbons (Fsp3) is 0.533. The number of amidine groups is 1. The number of oxime groups is 1. The second kappa shape index (κ2) is 7.28. The molecule has 0 radical (unpaired) electrons. The highest BCUT2D eigenvalue weighted by Crippen LogP contribution is 2.19. The second-order valence-electron chi connectivity index (χ2n) is 5.46. The summed E-state index contributed by atoms with van der Waals surface area (Å²) < 4.78 is 11.0. The van der Waals surface area contributed by atoms with Crippen LogP contribution in [0.25, 0.3) is 0 Å². The fourth-order valence-corrected chi connectivity index (χ4v) is 2.30. The molecule has 21 heavy (non-hydrogen) atoms. The van der Waals surface area contributed by atoms with Gasteiger partial charge in [-0.05, 0) is 44.0 Å². The normalized spacial score (nSPS) is 18.4. The topological polar surface area (TPSA) is 89.1 Å². The van der Waals surface area contributed by atoms with Crippen molar-refractivity contribution < 1.29 is 14.7 Å². The predicted octanol–water partition coefficient (Wildman–Crippen LogP) is 1.32. The molecule has 0 bridgehead atoms. The molecule has 0 atom stereocenters. The molecule has 1 saturated heterocycles. The molecule has 1 heterocycles. The first-order valence-corrected chi connectivity index (χ1v) is 7.16. The molecule has 0 aliphatic carbocycles. The molecule has 0 amide bonds. The smallest absolute Gasteiger partial charge is 0.170 e. The summed E-state index contributed by atoms with van der Waals surface area (Å²) in [7, 11) is 0. The molecule has 0 saturated carbocycles. The van der Waals surface area contributed by atoms with E-state index in [0.29, 0.717) is 12.2 Å². The Morgan fingerprint density at radius 2 is 2.05 bits per heavy atom.